The van der Waals surface area contributed by atoms with Gasteiger partial charge in [-0.2, -0.15) is 0 Å². The smallest absolute Gasteiger partial charge is 0.278 e. The van der Waals surface area contributed by atoms with Crippen molar-refractivity contribution < 1.29 is 9.69 Å². The number of hydrogen-bond donors (Lipinski definition) is 1. The van der Waals surface area contributed by atoms with Gasteiger partial charge in [0.1, 0.15) is 0 Å². The summed E-state index contributed by atoms with van der Waals surface area (Å²) >= 11 is 6.32. The van der Waals surface area contributed by atoms with Gasteiger partial charge >= 0.3 is 0 Å². The average molecular weight is 397 g/mol. The molecule has 2 aliphatic heterocycles. The van der Waals surface area contributed by atoms with Crippen molar-refractivity contribution in [1.29, 1.82) is 0 Å². The number of nitrogens with one attached hydrogen (secondary N) is 1. The molecule has 0 aromatic heterocycles. The number of quaternary nitrogens is 1. The van der Waals surface area contributed by atoms with Gasteiger partial charge in [-0.15, -0.1) is 0 Å². The number of halogens is 1. The van der Waals surface area contributed by atoms with Crippen molar-refractivity contribution in [3.8, 4) is 0 Å². The van der Waals surface area contributed by atoms with Gasteiger partial charge in [-0.1, -0.05) is 60.1 Å². The Balaban J connectivity index is 1.27. The highest BCUT2D eigenvalue weighted by Crippen LogP contribution is 2.25. The number of anilines is 1. The molecule has 2 heterocycles. The Morgan fingerprint density at radius 1 is 0.964 bits per heavy atom. The summed E-state index contributed by atoms with van der Waals surface area (Å²) in [6.45, 7) is 5.94. The quantitative estimate of drug-likeness (QED) is 0.859. The second-order valence-corrected chi connectivity index (χ2v) is 7.96. The predicted octanol–water partition coefficient (Wildman–Crippen LogP) is 2.36. The third-order valence-corrected chi connectivity index (χ3v) is 6.09. The van der Waals surface area contributed by atoms with Gasteiger partial charge in [0.25, 0.3) is 5.91 Å². The number of piperazine rings is 1. The van der Waals surface area contributed by atoms with Crippen LogP contribution in [-0.4, -0.2) is 56.6 Å². The van der Waals surface area contributed by atoms with Gasteiger partial charge in [0.15, 0.2) is 6.54 Å². The Kier molecular flexibility index (Phi) is 5.98. The molecule has 0 aliphatic carbocycles. The maximum Gasteiger partial charge on any atom is 0.278 e. The molecule has 0 spiro atoms. The van der Waals surface area contributed by atoms with E-state index in [4.69, 9.17) is 11.6 Å². The molecular weight excluding hydrogens is 370 g/mol. The van der Waals surface area contributed by atoms with Gasteiger partial charge in [0.05, 0.1) is 36.9 Å². The van der Waals surface area contributed by atoms with Gasteiger partial charge in [-0.05, 0) is 29.7 Å². The highest BCUT2D eigenvalue weighted by molar-refractivity contribution is 6.33. The number of benzene rings is 2. The fourth-order valence-corrected chi connectivity index (χ4v) is 4.34. The standard InChI is InChI=1S/C23H26ClN3O/c24-21-8-4-5-9-22(21)26-16-14-25(15-17-26)18-23(28)27-12-10-20(11-13-27)19-6-2-1-3-7-19/h1-10H,11-18H2/p+1. The third kappa shape index (κ3) is 4.40. The molecule has 0 atom stereocenters. The zero-order chi connectivity index (χ0) is 19.3. The number of para-hydroxylation sites is 1. The van der Waals surface area contributed by atoms with Crippen molar-refractivity contribution in [2.45, 2.75) is 6.42 Å². The monoisotopic (exact) mass is 396 g/mol. The largest absolute Gasteiger partial charge is 0.359 e. The molecule has 0 saturated carbocycles. The van der Waals surface area contributed by atoms with Crippen LogP contribution in [0.25, 0.3) is 5.57 Å². The molecule has 4 rings (SSSR count). The molecule has 2 aromatic carbocycles. The van der Waals surface area contributed by atoms with Crippen molar-refractivity contribution in [3.63, 3.8) is 0 Å². The van der Waals surface area contributed by atoms with E-state index < -0.39 is 0 Å². The van der Waals surface area contributed by atoms with Gasteiger partial charge < -0.3 is 14.7 Å². The summed E-state index contributed by atoms with van der Waals surface area (Å²) in [5, 5.41) is 0.802. The summed E-state index contributed by atoms with van der Waals surface area (Å²) in [6.07, 6.45) is 3.15. The molecule has 1 amide bonds. The van der Waals surface area contributed by atoms with Crippen molar-refractivity contribution in [2.75, 3.05) is 50.7 Å². The zero-order valence-electron chi connectivity index (χ0n) is 16.1. The lowest BCUT2D eigenvalue weighted by atomic mass is 9.99. The molecule has 0 radical (unpaired) electrons. The van der Waals surface area contributed by atoms with Crippen molar-refractivity contribution >= 4 is 28.8 Å². The Hall–Kier alpha value is -2.30. The van der Waals surface area contributed by atoms with Crippen LogP contribution in [0.1, 0.15) is 12.0 Å². The van der Waals surface area contributed by atoms with Crippen LogP contribution < -0.4 is 9.80 Å². The Morgan fingerprint density at radius 2 is 1.68 bits per heavy atom. The van der Waals surface area contributed by atoms with Crippen LogP contribution in [0.5, 0.6) is 0 Å². The normalized spacial score (nSPS) is 18.1. The summed E-state index contributed by atoms with van der Waals surface area (Å²) in [7, 11) is 0. The highest BCUT2D eigenvalue weighted by atomic mass is 35.5. The molecule has 1 saturated heterocycles. The maximum atomic E-state index is 12.8. The lowest BCUT2D eigenvalue weighted by molar-refractivity contribution is -0.892. The summed E-state index contributed by atoms with van der Waals surface area (Å²) in [5.74, 6) is 0.268. The second kappa shape index (κ2) is 8.80. The number of amides is 1. The van der Waals surface area contributed by atoms with E-state index in [-0.39, 0.29) is 5.91 Å². The predicted molar refractivity (Wildman–Crippen MR) is 115 cm³/mol. The lowest BCUT2D eigenvalue weighted by Crippen LogP contribution is -3.15. The van der Waals surface area contributed by atoms with Crippen LogP contribution in [0.15, 0.2) is 60.7 Å². The van der Waals surface area contributed by atoms with Crippen LogP contribution in [0.2, 0.25) is 5.02 Å². The molecule has 2 aromatic rings. The number of rotatable bonds is 4. The van der Waals surface area contributed by atoms with E-state index in [9.17, 15) is 4.79 Å². The minimum atomic E-state index is 0.268. The molecule has 1 fully saturated rings. The first-order valence-corrected chi connectivity index (χ1v) is 10.4. The molecule has 5 heteroatoms. The van der Waals surface area contributed by atoms with E-state index in [0.717, 1.165) is 56.4 Å². The Labute approximate surface area is 172 Å². The molecule has 0 unspecified atom stereocenters. The Bertz CT molecular complexity index is 844. The number of hydrogen-bond acceptors (Lipinski definition) is 2. The van der Waals surface area contributed by atoms with Crippen molar-refractivity contribution in [3.05, 3.63) is 71.3 Å². The number of carbonyl (C=O) groups is 1. The minimum Gasteiger partial charge on any atom is -0.359 e. The molecule has 2 aliphatic rings. The molecule has 0 bridgehead atoms. The average Bonchev–Trinajstić information content (AvgIpc) is 2.75. The zero-order valence-corrected chi connectivity index (χ0v) is 16.9. The van der Waals surface area contributed by atoms with Crippen LogP contribution >= 0.6 is 11.6 Å². The van der Waals surface area contributed by atoms with Gasteiger partial charge in [-0.3, -0.25) is 4.79 Å². The van der Waals surface area contributed by atoms with E-state index in [0.29, 0.717) is 6.54 Å². The summed E-state index contributed by atoms with van der Waals surface area (Å²) in [6, 6.07) is 18.5. The SMILES string of the molecule is O=C(C[NH+]1CCN(c2ccccc2Cl)CC1)N1CC=C(c2ccccc2)CC1. The second-order valence-electron chi connectivity index (χ2n) is 7.55. The minimum absolute atomic E-state index is 0.268. The van der Waals surface area contributed by atoms with E-state index in [1.165, 1.54) is 16.0 Å². The van der Waals surface area contributed by atoms with Crippen LogP contribution in [0, 0.1) is 0 Å². The van der Waals surface area contributed by atoms with Gasteiger partial charge in [0, 0.05) is 13.1 Å². The summed E-state index contributed by atoms with van der Waals surface area (Å²) in [4.78, 5) is 18.4. The molecule has 146 valence electrons. The third-order valence-electron chi connectivity index (χ3n) is 5.77. The van der Waals surface area contributed by atoms with E-state index in [1.54, 1.807) is 0 Å². The fourth-order valence-electron chi connectivity index (χ4n) is 4.08. The van der Waals surface area contributed by atoms with E-state index >= 15 is 0 Å². The molecule has 28 heavy (non-hydrogen) atoms. The number of carbonyl (C=O) groups excluding carboxylic acids is 1. The molecule has 1 N–H and O–H groups in total. The molecular formula is C23H27ClN3O+. The topological polar surface area (TPSA) is 28.0 Å². The Morgan fingerprint density at radius 3 is 2.36 bits per heavy atom. The summed E-state index contributed by atoms with van der Waals surface area (Å²) < 4.78 is 0. The van der Waals surface area contributed by atoms with Crippen molar-refractivity contribution in [2.24, 2.45) is 0 Å². The maximum absolute atomic E-state index is 12.8. The molecule has 4 nitrogen and oxygen atoms in total. The first-order chi connectivity index (χ1) is 13.7. The van der Waals surface area contributed by atoms with E-state index in [1.807, 2.05) is 29.2 Å². The van der Waals surface area contributed by atoms with Gasteiger partial charge in [-0.25, -0.2) is 0 Å². The van der Waals surface area contributed by atoms with Crippen LogP contribution in [0.4, 0.5) is 5.69 Å². The van der Waals surface area contributed by atoms with Crippen LogP contribution in [-0.2, 0) is 4.79 Å². The lowest BCUT2D eigenvalue weighted by Gasteiger charge is -2.35. The van der Waals surface area contributed by atoms with Crippen LogP contribution in [0.3, 0.4) is 0 Å². The first-order valence-electron chi connectivity index (χ1n) is 10.1. The fraction of sp³-hybridized carbons (Fsp3) is 0.348. The van der Waals surface area contributed by atoms with E-state index in [2.05, 4.69) is 41.3 Å². The highest BCUT2D eigenvalue weighted by Gasteiger charge is 2.26. The summed E-state index contributed by atoms with van der Waals surface area (Å²) in [5.41, 5.74) is 3.73. The number of nitrogens with zero attached hydrogens (tertiary/aromatic N) is 2. The van der Waals surface area contributed by atoms with Crippen molar-refractivity contribution in [1.82, 2.24) is 4.90 Å². The first kappa shape index (κ1) is 19.0. The van der Waals surface area contributed by atoms with Gasteiger partial charge in [0.2, 0.25) is 0 Å².